The number of piperazine rings is 1. The van der Waals surface area contributed by atoms with Crippen molar-refractivity contribution in [2.75, 3.05) is 36.0 Å². The van der Waals surface area contributed by atoms with Crippen LogP contribution < -0.4 is 9.80 Å². The second kappa shape index (κ2) is 7.65. The largest absolute Gasteiger partial charge is 0.368 e. The molecular formula is C23H21ClN4S. The van der Waals surface area contributed by atoms with Gasteiger partial charge in [0.15, 0.2) is 0 Å². The SMILES string of the molecule is Cc1sc2nc(Cl)nc(N3CCN(c4ccccc4)CC3)c2c1-c1ccccc1. The van der Waals surface area contributed by atoms with Crippen LogP contribution in [0.2, 0.25) is 5.28 Å². The number of rotatable bonds is 3. The lowest BCUT2D eigenvalue weighted by Crippen LogP contribution is -2.47. The highest BCUT2D eigenvalue weighted by Crippen LogP contribution is 2.42. The fourth-order valence-corrected chi connectivity index (χ4v) is 5.32. The summed E-state index contributed by atoms with van der Waals surface area (Å²) in [5, 5.41) is 1.44. The minimum atomic E-state index is 0.318. The zero-order valence-corrected chi connectivity index (χ0v) is 17.7. The smallest absolute Gasteiger partial charge is 0.225 e. The monoisotopic (exact) mass is 420 g/mol. The number of halogens is 1. The maximum Gasteiger partial charge on any atom is 0.225 e. The van der Waals surface area contributed by atoms with E-state index in [-0.39, 0.29) is 0 Å². The Labute approximate surface area is 179 Å². The Kier molecular flexibility index (Phi) is 4.86. The summed E-state index contributed by atoms with van der Waals surface area (Å²) in [5.41, 5.74) is 3.70. The van der Waals surface area contributed by atoms with Crippen LogP contribution in [0.25, 0.3) is 21.3 Å². The van der Waals surface area contributed by atoms with Crippen molar-refractivity contribution in [3.8, 4) is 11.1 Å². The molecule has 0 spiro atoms. The van der Waals surface area contributed by atoms with Crippen LogP contribution in [-0.2, 0) is 0 Å². The van der Waals surface area contributed by atoms with Crippen molar-refractivity contribution in [2.24, 2.45) is 0 Å². The van der Waals surface area contributed by atoms with Gasteiger partial charge in [-0.1, -0.05) is 48.5 Å². The molecule has 3 heterocycles. The molecule has 1 aliphatic rings. The van der Waals surface area contributed by atoms with Gasteiger partial charge >= 0.3 is 0 Å². The van der Waals surface area contributed by atoms with Gasteiger partial charge in [0.2, 0.25) is 5.28 Å². The van der Waals surface area contributed by atoms with E-state index in [4.69, 9.17) is 16.6 Å². The lowest BCUT2D eigenvalue weighted by atomic mass is 10.0. The van der Waals surface area contributed by atoms with E-state index < -0.39 is 0 Å². The molecule has 0 N–H and O–H groups in total. The van der Waals surface area contributed by atoms with Crippen molar-refractivity contribution in [1.29, 1.82) is 0 Å². The van der Waals surface area contributed by atoms with E-state index in [0.717, 1.165) is 42.2 Å². The van der Waals surface area contributed by atoms with Gasteiger partial charge in [0.05, 0.1) is 5.39 Å². The molecule has 0 unspecified atom stereocenters. The summed E-state index contributed by atoms with van der Waals surface area (Å²) in [6.07, 6.45) is 0. The Hall–Kier alpha value is -2.63. The second-order valence-electron chi connectivity index (χ2n) is 7.21. The molecule has 0 saturated carbocycles. The summed E-state index contributed by atoms with van der Waals surface area (Å²) in [6, 6.07) is 21.1. The number of aromatic nitrogens is 2. The number of anilines is 2. The van der Waals surface area contributed by atoms with E-state index in [9.17, 15) is 0 Å². The maximum atomic E-state index is 6.32. The van der Waals surface area contributed by atoms with Crippen LogP contribution in [0.15, 0.2) is 60.7 Å². The molecule has 1 aliphatic heterocycles. The summed E-state index contributed by atoms with van der Waals surface area (Å²) in [5.74, 6) is 0.955. The number of aryl methyl sites for hydroxylation is 1. The molecule has 0 radical (unpaired) electrons. The van der Waals surface area contributed by atoms with Crippen LogP contribution in [0.1, 0.15) is 4.88 Å². The van der Waals surface area contributed by atoms with Gasteiger partial charge in [-0.3, -0.25) is 0 Å². The quantitative estimate of drug-likeness (QED) is 0.401. The minimum absolute atomic E-state index is 0.318. The zero-order valence-electron chi connectivity index (χ0n) is 16.2. The third kappa shape index (κ3) is 3.45. The Morgan fingerprint density at radius 2 is 1.45 bits per heavy atom. The lowest BCUT2D eigenvalue weighted by molar-refractivity contribution is 0.649. The van der Waals surface area contributed by atoms with Crippen molar-refractivity contribution in [3.05, 3.63) is 70.8 Å². The molecule has 5 rings (SSSR count). The first-order valence-electron chi connectivity index (χ1n) is 9.78. The van der Waals surface area contributed by atoms with Gasteiger partial charge in [-0.15, -0.1) is 11.3 Å². The highest BCUT2D eigenvalue weighted by atomic mass is 35.5. The molecule has 4 aromatic rings. The zero-order chi connectivity index (χ0) is 19.8. The molecule has 4 nitrogen and oxygen atoms in total. The van der Waals surface area contributed by atoms with Crippen LogP contribution in [-0.4, -0.2) is 36.1 Å². The third-order valence-corrected chi connectivity index (χ3v) is 6.61. The molecule has 1 fully saturated rings. The van der Waals surface area contributed by atoms with Gasteiger partial charge in [0.25, 0.3) is 0 Å². The van der Waals surface area contributed by atoms with E-state index in [0.29, 0.717) is 5.28 Å². The van der Waals surface area contributed by atoms with Crippen molar-refractivity contribution in [3.63, 3.8) is 0 Å². The lowest BCUT2D eigenvalue weighted by Gasteiger charge is -2.37. The van der Waals surface area contributed by atoms with Gasteiger partial charge in [0, 0.05) is 42.3 Å². The highest BCUT2D eigenvalue weighted by Gasteiger charge is 2.24. The van der Waals surface area contributed by atoms with Crippen molar-refractivity contribution in [2.45, 2.75) is 6.92 Å². The average Bonchev–Trinajstić information content (AvgIpc) is 3.10. The van der Waals surface area contributed by atoms with E-state index in [1.54, 1.807) is 11.3 Å². The molecule has 6 heteroatoms. The Morgan fingerprint density at radius 3 is 2.14 bits per heavy atom. The summed E-state index contributed by atoms with van der Waals surface area (Å²) >= 11 is 8.01. The molecule has 1 saturated heterocycles. The minimum Gasteiger partial charge on any atom is -0.368 e. The number of benzene rings is 2. The van der Waals surface area contributed by atoms with Crippen LogP contribution in [0.3, 0.4) is 0 Å². The van der Waals surface area contributed by atoms with E-state index in [2.05, 4.69) is 76.3 Å². The highest BCUT2D eigenvalue weighted by molar-refractivity contribution is 7.19. The predicted octanol–water partition coefficient (Wildman–Crippen LogP) is 5.65. The van der Waals surface area contributed by atoms with E-state index in [1.807, 2.05) is 6.07 Å². The standard InChI is InChI=1S/C23H21ClN4S/c1-16-19(17-8-4-2-5-9-17)20-21(25-23(24)26-22(20)29-16)28-14-12-27(13-15-28)18-10-6-3-7-11-18/h2-11H,12-15H2,1H3. The molecule has 0 aliphatic carbocycles. The molecule has 29 heavy (non-hydrogen) atoms. The van der Waals surface area contributed by atoms with Gasteiger partial charge in [-0.25, -0.2) is 4.98 Å². The second-order valence-corrected chi connectivity index (χ2v) is 8.75. The number of nitrogens with zero attached hydrogens (tertiary/aromatic N) is 4. The molecular weight excluding hydrogens is 400 g/mol. The van der Waals surface area contributed by atoms with Crippen LogP contribution >= 0.6 is 22.9 Å². The summed E-state index contributed by atoms with van der Waals surface area (Å²) < 4.78 is 0. The van der Waals surface area contributed by atoms with Crippen molar-refractivity contribution in [1.82, 2.24) is 9.97 Å². The van der Waals surface area contributed by atoms with Gasteiger partial charge in [-0.05, 0) is 36.2 Å². The third-order valence-electron chi connectivity index (χ3n) is 5.44. The Morgan fingerprint density at radius 1 is 0.828 bits per heavy atom. The number of thiophene rings is 1. The van der Waals surface area contributed by atoms with Crippen LogP contribution in [0.4, 0.5) is 11.5 Å². The van der Waals surface area contributed by atoms with Gasteiger partial charge < -0.3 is 9.80 Å². The first kappa shape index (κ1) is 18.4. The summed E-state index contributed by atoms with van der Waals surface area (Å²) in [6.45, 7) is 5.87. The Bertz CT molecular complexity index is 1140. The van der Waals surface area contributed by atoms with Crippen molar-refractivity contribution < 1.29 is 0 Å². The molecule has 0 bridgehead atoms. The first-order valence-corrected chi connectivity index (χ1v) is 11.0. The molecule has 2 aromatic heterocycles. The first-order chi connectivity index (χ1) is 14.2. The average molecular weight is 421 g/mol. The number of hydrogen-bond acceptors (Lipinski definition) is 5. The fourth-order valence-electron chi connectivity index (χ4n) is 4.06. The summed E-state index contributed by atoms with van der Waals surface area (Å²) in [4.78, 5) is 16.2. The number of fused-ring (bicyclic) bond motifs is 1. The molecule has 2 aromatic carbocycles. The Balaban J connectivity index is 1.54. The normalized spacial score (nSPS) is 14.6. The van der Waals surface area contributed by atoms with Gasteiger partial charge in [-0.2, -0.15) is 4.98 Å². The predicted molar refractivity (Wildman–Crippen MR) is 123 cm³/mol. The maximum absolute atomic E-state index is 6.32. The van der Waals surface area contributed by atoms with E-state index >= 15 is 0 Å². The number of para-hydroxylation sites is 1. The van der Waals surface area contributed by atoms with Gasteiger partial charge in [0.1, 0.15) is 10.6 Å². The molecule has 0 atom stereocenters. The van der Waals surface area contributed by atoms with Crippen molar-refractivity contribution >= 4 is 44.7 Å². The van der Waals surface area contributed by atoms with Crippen LogP contribution in [0.5, 0.6) is 0 Å². The molecule has 0 amide bonds. The molecule has 146 valence electrons. The topological polar surface area (TPSA) is 32.3 Å². The number of hydrogen-bond donors (Lipinski definition) is 0. The van der Waals surface area contributed by atoms with E-state index in [1.165, 1.54) is 21.7 Å². The summed E-state index contributed by atoms with van der Waals surface area (Å²) in [7, 11) is 0. The fraction of sp³-hybridized carbons (Fsp3) is 0.217. The van der Waals surface area contributed by atoms with Crippen LogP contribution in [0, 0.1) is 6.92 Å².